The van der Waals surface area contributed by atoms with Crippen molar-refractivity contribution in [1.29, 1.82) is 0 Å². The lowest BCUT2D eigenvalue weighted by molar-refractivity contribution is 0.0935. The van der Waals surface area contributed by atoms with Crippen molar-refractivity contribution in [3.63, 3.8) is 0 Å². The van der Waals surface area contributed by atoms with Gasteiger partial charge in [0.2, 0.25) is 4.96 Å². The lowest BCUT2D eigenvalue weighted by Crippen LogP contribution is -2.27. The van der Waals surface area contributed by atoms with Crippen molar-refractivity contribution >= 4 is 27.9 Å². The average molecular weight is 326 g/mol. The summed E-state index contributed by atoms with van der Waals surface area (Å²) in [4.78, 5) is 22.0. The van der Waals surface area contributed by atoms with Crippen molar-refractivity contribution < 1.29 is 4.79 Å². The fourth-order valence-corrected chi connectivity index (χ4v) is 3.03. The highest BCUT2D eigenvalue weighted by molar-refractivity contribution is 7.14. The first-order valence-electron chi connectivity index (χ1n) is 7.15. The second-order valence-electron chi connectivity index (χ2n) is 5.42. The number of hydrogen-bond donors (Lipinski definition) is 1. The van der Waals surface area contributed by atoms with Crippen molar-refractivity contribution in [2.75, 3.05) is 0 Å². The maximum absolute atomic E-state index is 12.4. The van der Waals surface area contributed by atoms with Crippen LogP contribution in [0.2, 0.25) is 0 Å². The summed E-state index contributed by atoms with van der Waals surface area (Å²) >= 11 is 1.46. The molecule has 0 saturated carbocycles. The molecule has 0 aliphatic heterocycles. The number of nitrogens with one attached hydrogen (secondary N) is 1. The zero-order valence-corrected chi connectivity index (χ0v) is 13.4. The fourth-order valence-electron chi connectivity index (χ4n) is 2.42. The number of carbonyl (C=O) groups is 1. The van der Waals surface area contributed by atoms with Crippen LogP contribution < -0.4 is 5.32 Å². The van der Waals surface area contributed by atoms with Gasteiger partial charge in [0.15, 0.2) is 0 Å². The molecule has 4 rings (SSSR count). The quantitative estimate of drug-likeness (QED) is 0.626. The molecule has 4 heterocycles. The zero-order chi connectivity index (χ0) is 16.0. The van der Waals surface area contributed by atoms with Gasteiger partial charge in [0, 0.05) is 12.4 Å². The Balaban J connectivity index is 1.56. The third-order valence-corrected chi connectivity index (χ3v) is 4.32. The highest BCUT2D eigenvalue weighted by Crippen LogP contribution is 2.16. The molecule has 1 amide bonds. The molecule has 0 bridgehead atoms. The van der Waals surface area contributed by atoms with Crippen molar-refractivity contribution in [3.05, 3.63) is 53.2 Å². The van der Waals surface area contributed by atoms with E-state index in [-0.39, 0.29) is 11.9 Å². The third-order valence-electron chi connectivity index (χ3n) is 3.63. The largest absolute Gasteiger partial charge is 0.342 e. The topological polar surface area (TPSA) is 76.6 Å². The van der Waals surface area contributed by atoms with Gasteiger partial charge in [-0.2, -0.15) is 5.10 Å². The Morgan fingerprint density at radius 1 is 1.26 bits per heavy atom. The standard InChI is InChI=1S/C15H14N6OS/c1-9-3-4-13-18-12(6-20(13)5-9)14(22)17-10(2)11-7-21-15(19-11)23-8-16-21/h3-8,10H,1-2H3,(H,17,22). The summed E-state index contributed by atoms with van der Waals surface area (Å²) in [7, 11) is 0. The van der Waals surface area contributed by atoms with Crippen LogP contribution in [0, 0.1) is 6.92 Å². The smallest absolute Gasteiger partial charge is 0.272 e. The number of amides is 1. The SMILES string of the molecule is Cc1ccc2nc(C(=O)NC(C)c3cn4ncsc4n3)cn2c1. The summed E-state index contributed by atoms with van der Waals surface area (Å²) in [5.74, 6) is -0.219. The number of carbonyl (C=O) groups excluding carboxylic acids is 1. The van der Waals surface area contributed by atoms with Gasteiger partial charge in [-0.15, -0.1) is 0 Å². The van der Waals surface area contributed by atoms with Crippen LogP contribution in [-0.4, -0.2) is 29.9 Å². The molecular weight excluding hydrogens is 312 g/mol. The van der Waals surface area contributed by atoms with Crippen LogP contribution in [0.15, 0.2) is 36.2 Å². The van der Waals surface area contributed by atoms with Crippen LogP contribution in [0.5, 0.6) is 0 Å². The third kappa shape index (κ3) is 2.46. The monoisotopic (exact) mass is 326 g/mol. The van der Waals surface area contributed by atoms with Gasteiger partial charge in [0.1, 0.15) is 16.9 Å². The highest BCUT2D eigenvalue weighted by Gasteiger charge is 2.17. The summed E-state index contributed by atoms with van der Waals surface area (Å²) in [6, 6.07) is 3.64. The molecule has 0 aliphatic rings. The summed E-state index contributed by atoms with van der Waals surface area (Å²) in [5, 5.41) is 7.07. The first-order chi connectivity index (χ1) is 11.1. The molecule has 0 spiro atoms. The molecule has 8 heteroatoms. The summed E-state index contributed by atoms with van der Waals surface area (Å²) in [6.07, 6.45) is 5.50. The number of fused-ring (bicyclic) bond motifs is 2. The van der Waals surface area contributed by atoms with Crippen LogP contribution >= 0.6 is 11.3 Å². The van der Waals surface area contributed by atoms with Crippen molar-refractivity contribution in [2.45, 2.75) is 19.9 Å². The maximum Gasteiger partial charge on any atom is 0.272 e. The molecule has 0 aromatic carbocycles. The van der Waals surface area contributed by atoms with E-state index in [9.17, 15) is 4.79 Å². The minimum atomic E-state index is -0.219. The van der Waals surface area contributed by atoms with Gasteiger partial charge in [-0.1, -0.05) is 17.4 Å². The summed E-state index contributed by atoms with van der Waals surface area (Å²) < 4.78 is 3.56. The molecule has 1 N–H and O–H groups in total. The Morgan fingerprint density at radius 2 is 2.13 bits per heavy atom. The fraction of sp³-hybridized carbons (Fsp3) is 0.200. The van der Waals surface area contributed by atoms with E-state index < -0.39 is 0 Å². The van der Waals surface area contributed by atoms with Gasteiger partial charge < -0.3 is 9.72 Å². The Hall–Kier alpha value is -2.74. The van der Waals surface area contributed by atoms with Crippen LogP contribution in [0.1, 0.15) is 34.7 Å². The number of aryl methyl sites for hydroxylation is 1. The van der Waals surface area contributed by atoms with Crippen LogP contribution in [0.3, 0.4) is 0 Å². The molecule has 0 saturated heterocycles. The number of pyridine rings is 1. The number of imidazole rings is 2. The molecule has 0 fully saturated rings. The first-order valence-corrected chi connectivity index (χ1v) is 8.03. The first kappa shape index (κ1) is 13.9. The van der Waals surface area contributed by atoms with Gasteiger partial charge in [0.25, 0.3) is 5.91 Å². The number of rotatable bonds is 3. The molecule has 0 aliphatic carbocycles. The lowest BCUT2D eigenvalue weighted by atomic mass is 10.2. The minimum Gasteiger partial charge on any atom is -0.342 e. The van der Waals surface area contributed by atoms with E-state index in [0.29, 0.717) is 5.69 Å². The van der Waals surface area contributed by atoms with E-state index in [2.05, 4.69) is 20.4 Å². The predicted molar refractivity (Wildman–Crippen MR) is 86.7 cm³/mol. The summed E-state index contributed by atoms with van der Waals surface area (Å²) in [5.41, 5.74) is 4.76. The average Bonchev–Trinajstić information content (AvgIpc) is 3.19. The van der Waals surface area contributed by atoms with Crippen molar-refractivity contribution in [2.24, 2.45) is 0 Å². The Labute approximate surface area is 135 Å². The second kappa shape index (κ2) is 5.17. The maximum atomic E-state index is 12.4. The van der Waals surface area contributed by atoms with Gasteiger partial charge in [-0.25, -0.2) is 14.5 Å². The van der Waals surface area contributed by atoms with Crippen molar-refractivity contribution in [1.82, 2.24) is 29.3 Å². The Morgan fingerprint density at radius 3 is 2.96 bits per heavy atom. The molecule has 7 nitrogen and oxygen atoms in total. The normalized spacial score (nSPS) is 12.8. The molecular formula is C15H14N6OS. The number of hydrogen-bond acceptors (Lipinski definition) is 5. The zero-order valence-electron chi connectivity index (χ0n) is 12.6. The molecule has 0 radical (unpaired) electrons. The van der Waals surface area contributed by atoms with E-state index in [1.807, 2.05) is 42.8 Å². The van der Waals surface area contributed by atoms with E-state index >= 15 is 0 Å². The van der Waals surface area contributed by atoms with Gasteiger partial charge in [-0.05, 0) is 25.5 Å². The molecule has 116 valence electrons. The van der Waals surface area contributed by atoms with Crippen LogP contribution in [0.25, 0.3) is 10.6 Å². The van der Waals surface area contributed by atoms with E-state index in [4.69, 9.17) is 0 Å². The van der Waals surface area contributed by atoms with Crippen molar-refractivity contribution in [3.8, 4) is 0 Å². The highest BCUT2D eigenvalue weighted by atomic mass is 32.1. The van der Waals surface area contributed by atoms with Gasteiger partial charge in [0.05, 0.1) is 17.9 Å². The summed E-state index contributed by atoms with van der Waals surface area (Å²) in [6.45, 7) is 3.89. The predicted octanol–water partition coefficient (Wildman–Crippen LogP) is 2.24. The molecule has 1 unspecified atom stereocenters. The molecule has 4 aromatic rings. The molecule has 23 heavy (non-hydrogen) atoms. The van der Waals surface area contributed by atoms with Gasteiger partial charge in [-0.3, -0.25) is 4.79 Å². The molecule has 1 atom stereocenters. The molecule has 4 aromatic heterocycles. The van der Waals surface area contributed by atoms with Gasteiger partial charge >= 0.3 is 0 Å². The van der Waals surface area contributed by atoms with Crippen LogP contribution in [-0.2, 0) is 0 Å². The van der Waals surface area contributed by atoms with E-state index in [0.717, 1.165) is 21.9 Å². The van der Waals surface area contributed by atoms with E-state index in [1.165, 1.54) is 11.3 Å². The lowest BCUT2D eigenvalue weighted by Gasteiger charge is -2.09. The Bertz CT molecular complexity index is 985. The number of aromatic nitrogens is 5. The number of nitrogens with zero attached hydrogens (tertiary/aromatic N) is 5. The minimum absolute atomic E-state index is 0.219. The van der Waals surface area contributed by atoms with Crippen LogP contribution in [0.4, 0.5) is 0 Å². The Kier molecular flexibility index (Phi) is 3.12. The second-order valence-corrected chi connectivity index (χ2v) is 6.24. The van der Waals surface area contributed by atoms with E-state index in [1.54, 1.807) is 16.2 Å².